The first-order chi connectivity index (χ1) is 9.19. The Bertz CT molecular complexity index is 393. The third-order valence-electron chi connectivity index (χ3n) is 3.04. The molecule has 0 radical (unpaired) electrons. The van der Waals surface area contributed by atoms with Gasteiger partial charge in [-0.05, 0) is 18.9 Å². The predicted molar refractivity (Wildman–Crippen MR) is 79.5 cm³/mol. The zero-order valence-electron chi connectivity index (χ0n) is 12.3. The molecule has 106 valence electrons. The van der Waals surface area contributed by atoms with E-state index in [1.807, 2.05) is 13.1 Å². The highest BCUT2D eigenvalue weighted by atomic mass is 16.2. The summed E-state index contributed by atoms with van der Waals surface area (Å²) in [6.07, 6.45) is 7.79. The lowest BCUT2D eigenvalue weighted by molar-refractivity contribution is 0.0793. The minimum absolute atomic E-state index is 0.0418. The van der Waals surface area contributed by atoms with E-state index in [0.29, 0.717) is 5.56 Å². The van der Waals surface area contributed by atoms with Gasteiger partial charge in [0.15, 0.2) is 0 Å². The lowest BCUT2D eigenvalue weighted by atomic mass is 10.2. The Morgan fingerprint density at radius 3 is 2.68 bits per heavy atom. The molecule has 0 spiro atoms. The van der Waals surface area contributed by atoms with E-state index >= 15 is 0 Å². The van der Waals surface area contributed by atoms with E-state index in [9.17, 15) is 4.79 Å². The van der Waals surface area contributed by atoms with Gasteiger partial charge in [0.05, 0.1) is 11.3 Å². The maximum Gasteiger partial charge on any atom is 0.255 e. The van der Waals surface area contributed by atoms with Crippen molar-refractivity contribution in [2.45, 2.75) is 39.5 Å². The number of amides is 1. The second-order valence-corrected chi connectivity index (χ2v) is 4.82. The SMILES string of the molecule is CCCCNc1cncc(C(=O)N(C)CCCC)c1. The second kappa shape index (κ2) is 8.51. The molecule has 0 saturated carbocycles. The summed E-state index contributed by atoms with van der Waals surface area (Å²) in [5.41, 5.74) is 1.57. The van der Waals surface area contributed by atoms with Crippen molar-refractivity contribution in [1.82, 2.24) is 9.88 Å². The largest absolute Gasteiger partial charge is 0.384 e. The molecule has 0 aliphatic rings. The molecular weight excluding hydrogens is 238 g/mol. The number of unbranched alkanes of at least 4 members (excludes halogenated alkanes) is 2. The molecule has 19 heavy (non-hydrogen) atoms. The summed E-state index contributed by atoms with van der Waals surface area (Å²) in [5.74, 6) is 0.0418. The van der Waals surface area contributed by atoms with Crippen molar-refractivity contribution in [1.29, 1.82) is 0 Å². The topological polar surface area (TPSA) is 45.2 Å². The van der Waals surface area contributed by atoms with Crippen LogP contribution < -0.4 is 5.32 Å². The van der Waals surface area contributed by atoms with Crippen molar-refractivity contribution in [3.05, 3.63) is 24.0 Å². The number of hydrogen-bond acceptors (Lipinski definition) is 3. The normalized spacial score (nSPS) is 10.3. The van der Waals surface area contributed by atoms with Crippen molar-refractivity contribution >= 4 is 11.6 Å². The summed E-state index contributed by atoms with van der Waals surface area (Å²) in [4.78, 5) is 18.1. The predicted octanol–water partition coefficient (Wildman–Crippen LogP) is 3.17. The maximum atomic E-state index is 12.2. The molecule has 1 rings (SSSR count). The summed E-state index contributed by atoms with van der Waals surface area (Å²) >= 11 is 0. The van der Waals surface area contributed by atoms with Crippen LogP contribution >= 0.6 is 0 Å². The van der Waals surface area contributed by atoms with Gasteiger partial charge >= 0.3 is 0 Å². The van der Waals surface area contributed by atoms with Gasteiger partial charge in [0.25, 0.3) is 5.91 Å². The molecule has 4 nitrogen and oxygen atoms in total. The first-order valence-corrected chi connectivity index (χ1v) is 7.13. The molecule has 1 N–H and O–H groups in total. The molecule has 0 saturated heterocycles. The molecule has 4 heteroatoms. The van der Waals surface area contributed by atoms with Crippen LogP contribution in [0.15, 0.2) is 18.5 Å². The number of pyridine rings is 1. The number of anilines is 1. The highest BCUT2D eigenvalue weighted by molar-refractivity contribution is 5.94. The minimum Gasteiger partial charge on any atom is -0.384 e. The molecule has 0 bridgehead atoms. The average Bonchev–Trinajstić information content (AvgIpc) is 2.44. The fraction of sp³-hybridized carbons (Fsp3) is 0.600. The third-order valence-corrected chi connectivity index (χ3v) is 3.04. The summed E-state index contributed by atoms with van der Waals surface area (Å²) in [5, 5.41) is 3.29. The van der Waals surface area contributed by atoms with Crippen molar-refractivity contribution in [2.24, 2.45) is 0 Å². The second-order valence-electron chi connectivity index (χ2n) is 4.82. The first kappa shape index (κ1) is 15.5. The molecule has 1 heterocycles. The molecule has 0 atom stereocenters. The highest BCUT2D eigenvalue weighted by Gasteiger charge is 2.11. The van der Waals surface area contributed by atoms with E-state index in [-0.39, 0.29) is 5.91 Å². The lowest BCUT2D eigenvalue weighted by Crippen LogP contribution is -2.27. The van der Waals surface area contributed by atoms with Crippen LogP contribution in [0, 0.1) is 0 Å². The Morgan fingerprint density at radius 1 is 1.26 bits per heavy atom. The number of rotatable bonds is 8. The molecule has 1 amide bonds. The Hall–Kier alpha value is -1.58. The molecule has 0 aliphatic carbocycles. The van der Waals surface area contributed by atoms with Crippen LogP contribution in [-0.2, 0) is 0 Å². The molecule has 0 aliphatic heterocycles. The average molecular weight is 263 g/mol. The zero-order valence-corrected chi connectivity index (χ0v) is 12.3. The quantitative estimate of drug-likeness (QED) is 0.733. The lowest BCUT2D eigenvalue weighted by Gasteiger charge is -2.17. The number of carbonyl (C=O) groups is 1. The number of hydrogen-bond donors (Lipinski definition) is 1. The van der Waals surface area contributed by atoms with E-state index in [4.69, 9.17) is 0 Å². The monoisotopic (exact) mass is 263 g/mol. The van der Waals surface area contributed by atoms with Crippen LogP contribution in [0.1, 0.15) is 49.9 Å². The van der Waals surface area contributed by atoms with Gasteiger partial charge < -0.3 is 10.2 Å². The van der Waals surface area contributed by atoms with Gasteiger partial charge in [-0.2, -0.15) is 0 Å². The van der Waals surface area contributed by atoms with Gasteiger partial charge in [-0.3, -0.25) is 9.78 Å². The van der Waals surface area contributed by atoms with Crippen LogP contribution in [0.2, 0.25) is 0 Å². The van der Waals surface area contributed by atoms with Gasteiger partial charge in [0.2, 0.25) is 0 Å². The fourth-order valence-corrected chi connectivity index (χ4v) is 1.78. The molecule has 1 aromatic rings. The highest BCUT2D eigenvalue weighted by Crippen LogP contribution is 2.11. The third kappa shape index (κ3) is 5.28. The molecule has 0 aromatic carbocycles. The Labute approximate surface area is 116 Å². The van der Waals surface area contributed by atoms with E-state index in [0.717, 1.165) is 44.5 Å². The Kier molecular flexibility index (Phi) is 6.93. The Morgan fingerprint density at radius 2 is 2.00 bits per heavy atom. The molecule has 0 unspecified atom stereocenters. The van der Waals surface area contributed by atoms with Crippen molar-refractivity contribution < 1.29 is 4.79 Å². The molecular formula is C15H25N3O. The van der Waals surface area contributed by atoms with Crippen LogP contribution in [0.25, 0.3) is 0 Å². The first-order valence-electron chi connectivity index (χ1n) is 7.13. The molecule has 1 aromatic heterocycles. The summed E-state index contributed by atoms with van der Waals surface area (Å²) in [6, 6.07) is 1.88. The van der Waals surface area contributed by atoms with Crippen LogP contribution in [-0.4, -0.2) is 35.9 Å². The smallest absolute Gasteiger partial charge is 0.255 e. The Balaban J connectivity index is 2.61. The number of nitrogens with one attached hydrogen (secondary N) is 1. The van der Waals surface area contributed by atoms with Crippen molar-refractivity contribution in [3.8, 4) is 0 Å². The van der Waals surface area contributed by atoms with Gasteiger partial charge in [0, 0.05) is 32.5 Å². The minimum atomic E-state index is 0.0418. The summed E-state index contributed by atoms with van der Waals surface area (Å²) in [6.45, 7) is 5.99. The number of carbonyl (C=O) groups excluding carboxylic acids is 1. The van der Waals surface area contributed by atoms with E-state index < -0.39 is 0 Å². The standard InChI is InChI=1S/C15H25N3O/c1-4-6-8-17-14-10-13(11-16-12-14)15(19)18(3)9-7-5-2/h10-12,17H,4-9H2,1-3H3. The van der Waals surface area contributed by atoms with Crippen molar-refractivity contribution in [2.75, 3.05) is 25.5 Å². The van der Waals surface area contributed by atoms with E-state index in [2.05, 4.69) is 24.1 Å². The van der Waals surface area contributed by atoms with Crippen LogP contribution in [0.5, 0.6) is 0 Å². The number of nitrogens with zero attached hydrogens (tertiary/aromatic N) is 2. The van der Waals surface area contributed by atoms with Crippen LogP contribution in [0.4, 0.5) is 5.69 Å². The van der Waals surface area contributed by atoms with E-state index in [1.165, 1.54) is 0 Å². The van der Waals surface area contributed by atoms with Gasteiger partial charge in [-0.25, -0.2) is 0 Å². The summed E-state index contributed by atoms with van der Waals surface area (Å²) < 4.78 is 0. The fourth-order valence-electron chi connectivity index (χ4n) is 1.78. The molecule has 0 fully saturated rings. The number of aromatic nitrogens is 1. The summed E-state index contributed by atoms with van der Waals surface area (Å²) in [7, 11) is 1.84. The van der Waals surface area contributed by atoms with Crippen LogP contribution in [0.3, 0.4) is 0 Å². The zero-order chi connectivity index (χ0) is 14.1. The van der Waals surface area contributed by atoms with Gasteiger partial charge in [0.1, 0.15) is 0 Å². The van der Waals surface area contributed by atoms with Crippen molar-refractivity contribution in [3.63, 3.8) is 0 Å². The van der Waals surface area contributed by atoms with Gasteiger partial charge in [-0.15, -0.1) is 0 Å². The maximum absolute atomic E-state index is 12.2. The van der Waals surface area contributed by atoms with Gasteiger partial charge in [-0.1, -0.05) is 26.7 Å². The van der Waals surface area contributed by atoms with E-state index in [1.54, 1.807) is 17.3 Å².